The van der Waals surface area contributed by atoms with Crippen LogP contribution >= 0.6 is 11.6 Å². The summed E-state index contributed by atoms with van der Waals surface area (Å²) in [4.78, 5) is 15.7. The van der Waals surface area contributed by atoms with E-state index in [4.69, 9.17) is 22.1 Å². The molecule has 7 heteroatoms. The van der Waals surface area contributed by atoms with Gasteiger partial charge in [-0.15, -0.1) is 0 Å². The Kier molecular flexibility index (Phi) is 4.49. The van der Waals surface area contributed by atoms with E-state index in [9.17, 15) is 4.79 Å². The van der Waals surface area contributed by atoms with Gasteiger partial charge in [0.15, 0.2) is 5.82 Å². The number of ether oxygens (including phenoxy) is 2. The zero-order valence-corrected chi connectivity index (χ0v) is 12.3. The Morgan fingerprint density at radius 1 is 1.33 bits per heavy atom. The minimum absolute atomic E-state index is 0.207. The first kappa shape index (κ1) is 14.9. The second-order valence-electron chi connectivity index (χ2n) is 4.09. The minimum atomic E-state index is -0.522. The fourth-order valence-corrected chi connectivity index (χ4v) is 1.93. The molecule has 0 aliphatic heterocycles. The summed E-state index contributed by atoms with van der Waals surface area (Å²) >= 11 is 5.96. The molecular weight excluding hydrogens is 294 g/mol. The van der Waals surface area contributed by atoms with Crippen molar-refractivity contribution in [2.75, 3.05) is 25.3 Å². The molecule has 0 aliphatic carbocycles. The Balaban J connectivity index is 2.34. The maximum atomic E-state index is 11.6. The van der Waals surface area contributed by atoms with Crippen molar-refractivity contribution in [3.63, 3.8) is 0 Å². The van der Waals surface area contributed by atoms with Gasteiger partial charge in [0.25, 0.3) is 0 Å². The summed E-state index contributed by atoms with van der Waals surface area (Å²) < 4.78 is 9.80. The van der Waals surface area contributed by atoms with E-state index in [0.717, 1.165) is 0 Å². The third-order valence-electron chi connectivity index (χ3n) is 2.81. The van der Waals surface area contributed by atoms with E-state index >= 15 is 0 Å². The van der Waals surface area contributed by atoms with Crippen molar-refractivity contribution in [2.24, 2.45) is 0 Å². The number of hydrogen-bond donors (Lipinski definition) is 2. The van der Waals surface area contributed by atoms with Gasteiger partial charge in [-0.2, -0.15) is 0 Å². The molecule has 110 valence electrons. The first-order valence-electron chi connectivity index (χ1n) is 6.00. The Morgan fingerprint density at radius 2 is 2.10 bits per heavy atom. The summed E-state index contributed by atoms with van der Waals surface area (Å²) in [6.07, 6.45) is 1.47. The first-order chi connectivity index (χ1) is 10.1. The van der Waals surface area contributed by atoms with Crippen LogP contribution in [0.5, 0.6) is 5.75 Å². The van der Waals surface area contributed by atoms with Crippen LogP contribution in [0, 0.1) is 0 Å². The van der Waals surface area contributed by atoms with E-state index in [0.29, 0.717) is 22.3 Å². The van der Waals surface area contributed by atoms with E-state index < -0.39 is 5.97 Å². The highest BCUT2D eigenvalue weighted by Crippen LogP contribution is 2.30. The summed E-state index contributed by atoms with van der Waals surface area (Å²) in [6.45, 7) is 0. The van der Waals surface area contributed by atoms with Gasteiger partial charge in [0.05, 0.1) is 30.5 Å². The second kappa shape index (κ2) is 6.32. The SMILES string of the molecule is COC(=O)c1ccnc(Nc2ccc(Cl)c(OC)c2)c1N. The molecule has 0 saturated carbocycles. The number of carbonyl (C=O) groups excluding carboxylic acids is 1. The smallest absolute Gasteiger partial charge is 0.340 e. The molecule has 0 atom stereocenters. The zero-order valence-electron chi connectivity index (χ0n) is 11.5. The predicted molar refractivity (Wildman–Crippen MR) is 81.3 cm³/mol. The third-order valence-corrected chi connectivity index (χ3v) is 3.12. The van der Waals surface area contributed by atoms with Gasteiger partial charge in [-0.1, -0.05) is 11.6 Å². The van der Waals surface area contributed by atoms with E-state index in [1.807, 2.05) is 0 Å². The fourth-order valence-electron chi connectivity index (χ4n) is 1.74. The van der Waals surface area contributed by atoms with Gasteiger partial charge in [0, 0.05) is 18.0 Å². The van der Waals surface area contributed by atoms with Crippen LogP contribution in [0.15, 0.2) is 30.5 Å². The van der Waals surface area contributed by atoms with Crippen molar-refractivity contribution in [1.82, 2.24) is 4.98 Å². The summed E-state index contributed by atoms with van der Waals surface area (Å²) in [5.41, 5.74) is 7.06. The monoisotopic (exact) mass is 307 g/mol. The number of nitrogens with two attached hydrogens (primary N) is 1. The van der Waals surface area contributed by atoms with Gasteiger partial charge in [-0.3, -0.25) is 0 Å². The van der Waals surface area contributed by atoms with Gasteiger partial charge in [0.2, 0.25) is 0 Å². The Labute approximate surface area is 126 Å². The van der Waals surface area contributed by atoms with E-state index in [1.165, 1.54) is 26.5 Å². The molecule has 2 aromatic rings. The molecule has 0 bridgehead atoms. The number of methoxy groups -OCH3 is 2. The Hall–Kier alpha value is -2.47. The molecule has 1 aromatic heterocycles. The number of halogens is 1. The number of pyridine rings is 1. The van der Waals surface area contributed by atoms with Crippen LogP contribution in [-0.4, -0.2) is 25.2 Å². The molecule has 0 radical (unpaired) electrons. The normalized spacial score (nSPS) is 10.0. The van der Waals surface area contributed by atoms with Crippen molar-refractivity contribution in [3.05, 3.63) is 41.0 Å². The largest absolute Gasteiger partial charge is 0.495 e. The van der Waals surface area contributed by atoms with Crippen LogP contribution in [0.1, 0.15) is 10.4 Å². The number of rotatable bonds is 4. The highest BCUT2D eigenvalue weighted by Gasteiger charge is 2.14. The molecular formula is C14H14ClN3O3. The number of nitrogens with zero attached hydrogens (tertiary/aromatic N) is 1. The highest BCUT2D eigenvalue weighted by atomic mass is 35.5. The van der Waals surface area contributed by atoms with Gasteiger partial charge in [0.1, 0.15) is 5.75 Å². The molecule has 3 N–H and O–H groups in total. The quantitative estimate of drug-likeness (QED) is 0.845. The number of anilines is 3. The zero-order chi connectivity index (χ0) is 15.4. The summed E-state index contributed by atoms with van der Waals surface area (Å²) in [5.74, 6) is 0.346. The van der Waals surface area contributed by atoms with Crippen molar-refractivity contribution < 1.29 is 14.3 Å². The van der Waals surface area contributed by atoms with E-state index in [2.05, 4.69) is 15.0 Å². The van der Waals surface area contributed by atoms with Crippen molar-refractivity contribution in [2.45, 2.75) is 0 Å². The number of nitrogen functional groups attached to an aromatic ring is 1. The lowest BCUT2D eigenvalue weighted by atomic mass is 10.2. The van der Waals surface area contributed by atoms with Crippen LogP contribution in [0.3, 0.4) is 0 Å². The molecule has 1 aromatic carbocycles. The molecule has 2 rings (SSSR count). The van der Waals surface area contributed by atoms with Crippen LogP contribution in [0.2, 0.25) is 5.02 Å². The highest BCUT2D eigenvalue weighted by molar-refractivity contribution is 6.32. The molecule has 1 heterocycles. The van der Waals surface area contributed by atoms with Crippen LogP contribution in [0.25, 0.3) is 0 Å². The van der Waals surface area contributed by atoms with Crippen molar-refractivity contribution >= 4 is 34.8 Å². The summed E-state index contributed by atoms with van der Waals surface area (Å²) in [5, 5.41) is 3.50. The predicted octanol–water partition coefficient (Wildman–Crippen LogP) is 2.86. The molecule has 0 fully saturated rings. The van der Waals surface area contributed by atoms with Crippen LogP contribution in [-0.2, 0) is 4.74 Å². The minimum Gasteiger partial charge on any atom is -0.495 e. The average Bonchev–Trinajstić information content (AvgIpc) is 2.50. The van der Waals surface area contributed by atoms with Crippen molar-refractivity contribution in [3.8, 4) is 5.75 Å². The molecule has 21 heavy (non-hydrogen) atoms. The van der Waals surface area contributed by atoms with Crippen molar-refractivity contribution in [1.29, 1.82) is 0 Å². The molecule has 0 saturated heterocycles. The lowest BCUT2D eigenvalue weighted by Gasteiger charge is -2.12. The number of hydrogen-bond acceptors (Lipinski definition) is 6. The topological polar surface area (TPSA) is 86.5 Å². The third kappa shape index (κ3) is 3.17. The fraction of sp³-hybridized carbons (Fsp3) is 0.143. The molecule has 0 spiro atoms. The van der Waals surface area contributed by atoms with Crippen LogP contribution in [0.4, 0.5) is 17.2 Å². The first-order valence-corrected chi connectivity index (χ1v) is 6.38. The summed E-state index contributed by atoms with van der Waals surface area (Å²) in [6, 6.07) is 6.63. The van der Waals surface area contributed by atoms with Gasteiger partial charge < -0.3 is 20.5 Å². The molecule has 0 unspecified atom stereocenters. The summed E-state index contributed by atoms with van der Waals surface area (Å²) in [7, 11) is 2.81. The standard InChI is InChI=1S/C14H14ClN3O3/c1-20-11-7-8(3-4-10(11)15)18-13-12(16)9(5-6-17-13)14(19)21-2/h3-7H,16H2,1-2H3,(H,17,18). The van der Waals surface area contributed by atoms with Gasteiger partial charge in [-0.05, 0) is 18.2 Å². The molecule has 0 amide bonds. The lowest BCUT2D eigenvalue weighted by Crippen LogP contribution is -2.09. The number of benzene rings is 1. The number of nitrogens with one attached hydrogen (secondary N) is 1. The molecule has 0 aliphatic rings. The molecule has 6 nitrogen and oxygen atoms in total. The lowest BCUT2D eigenvalue weighted by molar-refractivity contribution is 0.0602. The number of aromatic nitrogens is 1. The Morgan fingerprint density at radius 3 is 2.76 bits per heavy atom. The van der Waals surface area contributed by atoms with E-state index in [-0.39, 0.29) is 11.3 Å². The number of carbonyl (C=O) groups is 1. The van der Waals surface area contributed by atoms with Crippen LogP contribution < -0.4 is 15.8 Å². The van der Waals surface area contributed by atoms with Gasteiger partial charge >= 0.3 is 5.97 Å². The van der Waals surface area contributed by atoms with Gasteiger partial charge in [-0.25, -0.2) is 9.78 Å². The number of esters is 1. The Bertz CT molecular complexity index is 677. The van der Waals surface area contributed by atoms with E-state index in [1.54, 1.807) is 18.2 Å². The maximum Gasteiger partial charge on any atom is 0.340 e. The average molecular weight is 308 g/mol. The maximum absolute atomic E-state index is 11.6. The second-order valence-corrected chi connectivity index (χ2v) is 4.49.